The molecule has 0 saturated carbocycles. The fraction of sp³-hybridized carbons (Fsp3) is 0.300. The lowest BCUT2D eigenvalue weighted by molar-refractivity contribution is 0.102. The van der Waals surface area contributed by atoms with Crippen molar-refractivity contribution in [1.82, 2.24) is 9.72 Å². The van der Waals surface area contributed by atoms with Crippen molar-refractivity contribution >= 4 is 17.3 Å². The zero-order valence-corrected chi connectivity index (χ0v) is 15.9. The summed E-state index contributed by atoms with van der Waals surface area (Å²) in [5.74, 6) is 2.08. The lowest BCUT2D eigenvalue weighted by atomic mass is 10.2. The van der Waals surface area contributed by atoms with Crippen LogP contribution in [-0.2, 0) is 0 Å². The first kappa shape index (κ1) is 17.2. The van der Waals surface area contributed by atoms with E-state index in [1.807, 2.05) is 62.7 Å². The number of hydrogen-bond donors (Lipinski definition) is 1. The van der Waals surface area contributed by atoms with E-state index in [4.69, 9.17) is 9.26 Å². The van der Waals surface area contributed by atoms with Crippen LogP contribution in [0.4, 0.5) is 11.4 Å². The van der Waals surface area contributed by atoms with E-state index in [0.717, 1.165) is 40.8 Å². The van der Waals surface area contributed by atoms with Crippen LogP contribution in [0.5, 0.6) is 5.75 Å². The molecule has 27 heavy (non-hydrogen) atoms. The first-order valence-electron chi connectivity index (χ1n) is 8.86. The molecule has 0 aliphatic carbocycles. The van der Waals surface area contributed by atoms with Crippen molar-refractivity contribution in [2.24, 2.45) is 0 Å². The third-order valence-corrected chi connectivity index (χ3v) is 4.83. The van der Waals surface area contributed by atoms with Crippen LogP contribution in [-0.4, -0.2) is 35.8 Å². The molecule has 0 bridgehead atoms. The number of carbonyl (C=O) groups is 1. The number of likely N-dealkylation sites (N-methyl/N-ethyl adjacent to an activating group) is 1. The van der Waals surface area contributed by atoms with Gasteiger partial charge in [0.2, 0.25) is 0 Å². The summed E-state index contributed by atoms with van der Waals surface area (Å²) in [5, 5.41) is 7.05. The second kappa shape index (κ2) is 6.50. The van der Waals surface area contributed by atoms with Gasteiger partial charge in [0.15, 0.2) is 5.82 Å². The highest BCUT2D eigenvalue weighted by Crippen LogP contribution is 2.33. The second-order valence-corrected chi connectivity index (χ2v) is 6.82. The van der Waals surface area contributed by atoms with E-state index in [1.165, 1.54) is 0 Å². The Labute approximate surface area is 157 Å². The fourth-order valence-electron chi connectivity index (χ4n) is 3.43. The van der Waals surface area contributed by atoms with Gasteiger partial charge in [-0.05, 0) is 45.0 Å². The Kier molecular flexibility index (Phi) is 4.14. The van der Waals surface area contributed by atoms with Crippen LogP contribution in [0.1, 0.15) is 27.5 Å². The van der Waals surface area contributed by atoms with Crippen LogP contribution in [0.15, 0.2) is 34.9 Å². The molecule has 0 fully saturated rings. The molecule has 7 nitrogen and oxygen atoms in total. The minimum Gasteiger partial charge on any atom is -0.490 e. The Morgan fingerprint density at radius 1 is 1.19 bits per heavy atom. The van der Waals surface area contributed by atoms with Gasteiger partial charge >= 0.3 is 0 Å². The van der Waals surface area contributed by atoms with Gasteiger partial charge in [0, 0.05) is 30.2 Å². The van der Waals surface area contributed by atoms with Crippen molar-refractivity contribution < 1.29 is 14.1 Å². The van der Waals surface area contributed by atoms with Gasteiger partial charge in [-0.2, -0.15) is 0 Å². The Balaban J connectivity index is 1.62. The van der Waals surface area contributed by atoms with Gasteiger partial charge in [-0.3, -0.25) is 9.36 Å². The van der Waals surface area contributed by atoms with Crippen molar-refractivity contribution in [3.63, 3.8) is 0 Å². The average molecular weight is 366 g/mol. The lowest BCUT2D eigenvalue weighted by Gasteiger charge is -2.28. The highest BCUT2D eigenvalue weighted by molar-refractivity contribution is 6.05. The van der Waals surface area contributed by atoms with E-state index in [-0.39, 0.29) is 5.91 Å². The number of aromatic nitrogens is 2. The average Bonchev–Trinajstić information content (AvgIpc) is 3.18. The maximum atomic E-state index is 12.9. The van der Waals surface area contributed by atoms with Crippen molar-refractivity contribution in [2.45, 2.75) is 20.8 Å². The smallest absolute Gasteiger partial charge is 0.257 e. The van der Waals surface area contributed by atoms with Crippen LogP contribution in [0.3, 0.4) is 0 Å². The third-order valence-electron chi connectivity index (χ3n) is 4.83. The quantitative estimate of drug-likeness (QED) is 0.768. The van der Waals surface area contributed by atoms with E-state index in [2.05, 4.69) is 15.4 Å². The molecule has 0 saturated heterocycles. The number of benzene rings is 1. The predicted molar refractivity (Wildman–Crippen MR) is 103 cm³/mol. The Hall–Kier alpha value is -3.22. The first-order chi connectivity index (χ1) is 12.9. The fourth-order valence-corrected chi connectivity index (χ4v) is 3.43. The molecule has 3 heterocycles. The van der Waals surface area contributed by atoms with Gasteiger partial charge < -0.3 is 19.5 Å². The van der Waals surface area contributed by atoms with Crippen molar-refractivity contribution in [3.8, 4) is 11.6 Å². The predicted octanol–water partition coefficient (Wildman–Crippen LogP) is 3.47. The summed E-state index contributed by atoms with van der Waals surface area (Å²) in [5.41, 5.74) is 4.05. The number of ether oxygens (including phenoxy) is 1. The zero-order valence-electron chi connectivity index (χ0n) is 15.9. The van der Waals surface area contributed by atoms with Crippen molar-refractivity contribution in [3.05, 3.63) is 53.0 Å². The number of nitrogens with zero attached hydrogens (tertiary/aromatic N) is 3. The highest BCUT2D eigenvalue weighted by Gasteiger charge is 2.20. The van der Waals surface area contributed by atoms with E-state index >= 15 is 0 Å². The van der Waals surface area contributed by atoms with Crippen LogP contribution >= 0.6 is 0 Å². The summed E-state index contributed by atoms with van der Waals surface area (Å²) in [6.07, 6.45) is 0. The summed E-state index contributed by atoms with van der Waals surface area (Å²) in [4.78, 5) is 15.0. The van der Waals surface area contributed by atoms with Gasteiger partial charge in [0.05, 0.1) is 17.8 Å². The number of nitrogens with one attached hydrogen (secondary N) is 1. The third kappa shape index (κ3) is 3.05. The Morgan fingerprint density at radius 2 is 2.00 bits per heavy atom. The Bertz CT molecular complexity index is 1020. The SMILES string of the molecule is Cc1cc(-n2c(C)cc(C(=O)Nc3ccc4c(c3)N(C)CCO4)c2C)no1. The van der Waals surface area contributed by atoms with E-state index in [0.29, 0.717) is 18.0 Å². The van der Waals surface area contributed by atoms with E-state index in [1.54, 1.807) is 0 Å². The number of aryl methyl sites for hydroxylation is 2. The van der Waals surface area contributed by atoms with Gasteiger partial charge in [0.25, 0.3) is 5.91 Å². The maximum Gasteiger partial charge on any atom is 0.257 e. The minimum absolute atomic E-state index is 0.158. The normalized spacial score (nSPS) is 13.3. The number of amides is 1. The summed E-state index contributed by atoms with van der Waals surface area (Å²) < 4.78 is 12.7. The molecule has 7 heteroatoms. The molecule has 4 rings (SSSR count). The van der Waals surface area contributed by atoms with E-state index in [9.17, 15) is 4.79 Å². The second-order valence-electron chi connectivity index (χ2n) is 6.82. The first-order valence-corrected chi connectivity index (χ1v) is 8.86. The molecule has 1 amide bonds. The topological polar surface area (TPSA) is 72.5 Å². The van der Waals surface area contributed by atoms with Crippen LogP contribution in [0.2, 0.25) is 0 Å². The lowest BCUT2D eigenvalue weighted by Crippen LogP contribution is -2.28. The molecule has 1 aliphatic rings. The van der Waals surface area contributed by atoms with Crippen LogP contribution < -0.4 is 15.0 Å². The van der Waals surface area contributed by atoms with Crippen LogP contribution in [0.25, 0.3) is 5.82 Å². The highest BCUT2D eigenvalue weighted by atomic mass is 16.5. The van der Waals surface area contributed by atoms with Crippen molar-refractivity contribution in [1.29, 1.82) is 0 Å². The number of carbonyl (C=O) groups excluding carboxylic acids is 1. The molecular formula is C20H22N4O3. The van der Waals surface area contributed by atoms with E-state index < -0.39 is 0 Å². The molecule has 0 radical (unpaired) electrons. The number of hydrogen-bond acceptors (Lipinski definition) is 5. The van der Waals surface area contributed by atoms with Crippen molar-refractivity contribution in [2.75, 3.05) is 30.4 Å². The summed E-state index contributed by atoms with van der Waals surface area (Å²) in [7, 11) is 2.01. The maximum absolute atomic E-state index is 12.9. The number of fused-ring (bicyclic) bond motifs is 1. The molecule has 0 unspecified atom stereocenters. The largest absolute Gasteiger partial charge is 0.490 e. The zero-order chi connectivity index (χ0) is 19.1. The van der Waals surface area contributed by atoms with Gasteiger partial charge in [-0.1, -0.05) is 5.16 Å². The number of rotatable bonds is 3. The summed E-state index contributed by atoms with van der Waals surface area (Å²) in [6, 6.07) is 9.40. The molecular weight excluding hydrogens is 344 g/mol. The van der Waals surface area contributed by atoms with Gasteiger partial charge in [0.1, 0.15) is 18.1 Å². The number of anilines is 2. The summed E-state index contributed by atoms with van der Waals surface area (Å²) >= 11 is 0. The van der Waals surface area contributed by atoms with Gasteiger partial charge in [-0.25, -0.2) is 0 Å². The standard InChI is InChI=1S/C20H22N4O3/c1-12-9-16(14(3)24(12)19-10-13(2)27-22-19)20(25)21-15-5-6-18-17(11-15)23(4)7-8-26-18/h5-6,9-11H,7-8H2,1-4H3,(H,21,25). The molecule has 1 N–H and O–H groups in total. The Morgan fingerprint density at radius 3 is 2.74 bits per heavy atom. The molecule has 0 spiro atoms. The minimum atomic E-state index is -0.158. The molecule has 0 atom stereocenters. The van der Waals surface area contributed by atoms with Crippen LogP contribution in [0, 0.1) is 20.8 Å². The molecule has 1 aliphatic heterocycles. The van der Waals surface area contributed by atoms with Gasteiger partial charge in [-0.15, -0.1) is 0 Å². The molecule has 140 valence electrons. The summed E-state index contributed by atoms with van der Waals surface area (Å²) in [6.45, 7) is 7.18. The molecule has 2 aromatic heterocycles. The molecule has 3 aromatic rings. The molecule has 1 aromatic carbocycles. The monoisotopic (exact) mass is 366 g/mol.